The molecule has 128 valence electrons. The van der Waals surface area contributed by atoms with Crippen molar-refractivity contribution in [3.63, 3.8) is 0 Å². The number of amides is 1. The Balaban J connectivity index is 0. The molecule has 7 heteroatoms. The molecule has 21 heavy (non-hydrogen) atoms. The first-order chi connectivity index (χ1) is 8.91. The quantitative estimate of drug-likeness (QED) is 0.754. The second kappa shape index (κ2) is 11.5. The van der Waals surface area contributed by atoms with E-state index in [1.54, 1.807) is 0 Å². The van der Waals surface area contributed by atoms with Gasteiger partial charge in [0.2, 0.25) is 5.91 Å². The van der Waals surface area contributed by atoms with Crippen molar-refractivity contribution in [3.05, 3.63) is 0 Å². The third-order valence-electron chi connectivity index (χ3n) is 4.04. The number of piperidine rings is 1. The summed E-state index contributed by atoms with van der Waals surface area (Å²) in [5, 5.41) is 2.93. The molecule has 0 radical (unpaired) electrons. The first-order valence-electron chi connectivity index (χ1n) is 7.34. The van der Waals surface area contributed by atoms with Gasteiger partial charge in [0.1, 0.15) is 0 Å². The van der Waals surface area contributed by atoms with Crippen molar-refractivity contribution in [1.82, 2.24) is 15.1 Å². The highest BCUT2D eigenvalue weighted by Gasteiger charge is 2.21. The average Bonchev–Trinajstić information content (AvgIpc) is 2.38. The van der Waals surface area contributed by atoms with Gasteiger partial charge in [-0.15, -0.1) is 24.8 Å². The maximum absolute atomic E-state index is 11.7. The van der Waals surface area contributed by atoms with E-state index in [-0.39, 0.29) is 42.7 Å². The van der Waals surface area contributed by atoms with E-state index in [4.69, 9.17) is 5.73 Å². The first-order valence-corrected chi connectivity index (χ1v) is 7.34. The Labute approximate surface area is 141 Å². The maximum atomic E-state index is 11.7. The molecule has 0 spiro atoms. The van der Waals surface area contributed by atoms with E-state index in [0.717, 1.165) is 19.6 Å². The minimum absolute atomic E-state index is 0. The van der Waals surface area contributed by atoms with Gasteiger partial charge >= 0.3 is 0 Å². The van der Waals surface area contributed by atoms with Gasteiger partial charge in [-0.2, -0.15) is 0 Å². The van der Waals surface area contributed by atoms with Crippen LogP contribution in [-0.4, -0.2) is 68.1 Å². The summed E-state index contributed by atoms with van der Waals surface area (Å²) in [7, 11) is 4.29. The van der Waals surface area contributed by atoms with E-state index in [1.165, 1.54) is 12.8 Å². The number of nitrogens with two attached hydrogens (primary N) is 1. The lowest BCUT2D eigenvalue weighted by Gasteiger charge is -2.35. The summed E-state index contributed by atoms with van der Waals surface area (Å²) in [6.45, 7) is 7.80. The van der Waals surface area contributed by atoms with Gasteiger partial charge in [0, 0.05) is 19.1 Å². The number of nitrogens with zero attached hydrogens (tertiary/aromatic N) is 2. The Bertz CT molecular complexity index is 282. The highest BCUT2D eigenvalue weighted by molar-refractivity contribution is 5.85. The Hall–Kier alpha value is -0.0700. The molecular weight excluding hydrogens is 311 g/mol. The van der Waals surface area contributed by atoms with E-state index in [2.05, 4.69) is 29.2 Å². The Kier molecular flexibility index (Phi) is 12.7. The molecule has 3 N–H and O–H groups in total. The molecule has 1 rings (SSSR count). The van der Waals surface area contributed by atoms with Gasteiger partial charge in [-0.05, 0) is 45.9 Å². The Morgan fingerprint density at radius 3 is 2.24 bits per heavy atom. The molecule has 5 nitrogen and oxygen atoms in total. The van der Waals surface area contributed by atoms with Gasteiger partial charge in [0.25, 0.3) is 0 Å². The largest absolute Gasteiger partial charge is 0.353 e. The second-order valence-corrected chi connectivity index (χ2v) is 6.10. The molecule has 0 bridgehead atoms. The lowest BCUT2D eigenvalue weighted by molar-refractivity contribution is -0.123. The predicted molar refractivity (Wildman–Crippen MR) is 93.5 cm³/mol. The molecule has 0 saturated carbocycles. The van der Waals surface area contributed by atoms with Crippen LogP contribution in [-0.2, 0) is 4.79 Å². The van der Waals surface area contributed by atoms with Gasteiger partial charge in [0.05, 0.1) is 6.04 Å². The van der Waals surface area contributed by atoms with E-state index in [0.29, 0.717) is 12.6 Å². The van der Waals surface area contributed by atoms with Crippen molar-refractivity contribution < 1.29 is 4.79 Å². The molecule has 0 aromatic carbocycles. The zero-order chi connectivity index (χ0) is 14.4. The maximum Gasteiger partial charge on any atom is 0.237 e. The van der Waals surface area contributed by atoms with Crippen molar-refractivity contribution in [2.45, 2.75) is 38.8 Å². The van der Waals surface area contributed by atoms with Crippen LogP contribution >= 0.6 is 24.8 Å². The number of hydrogen-bond acceptors (Lipinski definition) is 4. The molecule has 1 aliphatic heterocycles. The molecule has 1 heterocycles. The molecule has 1 amide bonds. The monoisotopic (exact) mass is 342 g/mol. The first kappa shape index (κ1) is 23.2. The summed E-state index contributed by atoms with van der Waals surface area (Å²) >= 11 is 0. The number of carbonyl (C=O) groups excluding carboxylic acids is 1. The van der Waals surface area contributed by atoms with Crippen molar-refractivity contribution in [1.29, 1.82) is 0 Å². The second-order valence-electron chi connectivity index (χ2n) is 6.10. The minimum Gasteiger partial charge on any atom is -0.353 e. The Morgan fingerprint density at radius 1 is 1.29 bits per heavy atom. The van der Waals surface area contributed by atoms with Gasteiger partial charge in [-0.25, -0.2) is 0 Å². The minimum atomic E-state index is -0.389. The van der Waals surface area contributed by atoms with Crippen molar-refractivity contribution in [2.75, 3.05) is 40.3 Å². The third kappa shape index (κ3) is 8.21. The predicted octanol–water partition coefficient (Wildman–Crippen LogP) is 0.955. The fourth-order valence-corrected chi connectivity index (χ4v) is 2.42. The van der Waals surface area contributed by atoms with Crippen molar-refractivity contribution in [2.24, 2.45) is 11.7 Å². The van der Waals surface area contributed by atoms with Crippen LogP contribution in [0.3, 0.4) is 0 Å². The number of likely N-dealkylation sites (tertiary alicyclic amines) is 1. The smallest absolute Gasteiger partial charge is 0.237 e. The molecular formula is C14H32Cl2N4O. The van der Waals surface area contributed by atoms with E-state index >= 15 is 0 Å². The van der Waals surface area contributed by atoms with Gasteiger partial charge in [-0.3, -0.25) is 4.79 Å². The summed E-state index contributed by atoms with van der Waals surface area (Å²) in [6, 6.07) is 0.319. The van der Waals surface area contributed by atoms with Gasteiger partial charge < -0.3 is 20.9 Å². The molecule has 0 aromatic rings. The van der Waals surface area contributed by atoms with Crippen LogP contribution in [0.2, 0.25) is 0 Å². The van der Waals surface area contributed by atoms with Crippen LogP contribution in [0, 0.1) is 5.92 Å². The number of rotatable bonds is 6. The van der Waals surface area contributed by atoms with Crippen LogP contribution in [0.1, 0.15) is 26.7 Å². The van der Waals surface area contributed by atoms with Crippen LogP contribution in [0.15, 0.2) is 0 Å². The van der Waals surface area contributed by atoms with Crippen molar-refractivity contribution >= 4 is 30.7 Å². The molecule has 1 fully saturated rings. The molecule has 1 saturated heterocycles. The summed E-state index contributed by atoms with van der Waals surface area (Å²) in [5.74, 6) is 0.161. The fraction of sp³-hybridized carbons (Fsp3) is 0.929. The van der Waals surface area contributed by atoms with Gasteiger partial charge in [-0.1, -0.05) is 13.8 Å². The average molecular weight is 343 g/mol. The van der Waals surface area contributed by atoms with E-state index in [9.17, 15) is 4.79 Å². The standard InChI is InChI=1S/C14H30N4O.2ClH/c1-11(2)13(15)14(19)16-7-10-18-8-5-12(6-9-18)17(3)4;;/h11-13H,5-10,15H2,1-4H3,(H,16,19);2*1H/t13-;;/m0../s1. The molecule has 0 unspecified atom stereocenters. The summed E-state index contributed by atoms with van der Waals surface area (Å²) < 4.78 is 0. The summed E-state index contributed by atoms with van der Waals surface area (Å²) in [4.78, 5) is 16.4. The van der Waals surface area contributed by atoms with Crippen LogP contribution in [0.5, 0.6) is 0 Å². The lowest BCUT2D eigenvalue weighted by atomic mass is 10.0. The number of halogens is 2. The zero-order valence-corrected chi connectivity index (χ0v) is 15.3. The van der Waals surface area contributed by atoms with Crippen LogP contribution < -0.4 is 11.1 Å². The number of carbonyl (C=O) groups is 1. The normalized spacial score (nSPS) is 18.0. The molecule has 0 aromatic heterocycles. The highest BCUT2D eigenvalue weighted by Crippen LogP contribution is 2.13. The Morgan fingerprint density at radius 2 is 1.81 bits per heavy atom. The lowest BCUT2D eigenvalue weighted by Crippen LogP contribution is -2.48. The van der Waals surface area contributed by atoms with Gasteiger partial charge in [0.15, 0.2) is 0 Å². The number of nitrogens with one attached hydrogen (secondary N) is 1. The van der Waals surface area contributed by atoms with Crippen LogP contribution in [0.4, 0.5) is 0 Å². The van der Waals surface area contributed by atoms with E-state index in [1.807, 2.05) is 13.8 Å². The third-order valence-corrected chi connectivity index (χ3v) is 4.04. The number of hydrogen-bond donors (Lipinski definition) is 2. The highest BCUT2D eigenvalue weighted by atomic mass is 35.5. The molecule has 0 aliphatic carbocycles. The van der Waals surface area contributed by atoms with Crippen LogP contribution in [0.25, 0.3) is 0 Å². The zero-order valence-electron chi connectivity index (χ0n) is 13.7. The SMILES string of the molecule is CC(C)[C@H](N)C(=O)NCCN1CCC(N(C)C)CC1.Cl.Cl. The summed E-state index contributed by atoms with van der Waals surface area (Å²) in [5.41, 5.74) is 5.80. The fourth-order valence-electron chi connectivity index (χ4n) is 2.42. The topological polar surface area (TPSA) is 61.6 Å². The molecule has 1 aliphatic rings. The molecule has 1 atom stereocenters. The summed E-state index contributed by atoms with van der Waals surface area (Å²) in [6.07, 6.45) is 2.43. The van der Waals surface area contributed by atoms with Crippen molar-refractivity contribution in [3.8, 4) is 0 Å². The van der Waals surface area contributed by atoms with E-state index < -0.39 is 0 Å².